The number of hydrazine groups is 1. The van der Waals surface area contributed by atoms with Crippen LogP contribution in [0.2, 0.25) is 0 Å². The van der Waals surface area contributed by atoms with Gasteiger partial charge in [-0.3, -0.25) is 19.4 Å². The summed E-state index contributed by atoms with van der Waals surface area (Å²) >= 11 is 1.02. The van der Waals surface area contributed by atoms with E-state index < -0.39 is 5.97 Å². The van der Waals surface area contributed by atoms with Gasteiger partial charge in [0, 0.05) is 19.5 Å². The Labute approximate surface area is 132 Å². The van der Waals surface area contributed by atoms with Crippen molar-refractivity contribution in [3.05, 3.63) is 10.6 Å². The normalized spacial score (nSPS) is 14.3. The van der Waals surface area contributed by atoms with Crippen molar-refractivity contribution >= 4 is 29.3 Å². The highest BCUT2D eigenvalue weighted by atomic mass is 32.1. The van der Waals surface area contributed by atoms with Crippen LogP contribution < -0.4 is 0 Å². The van der Waals surface area contributed by atoms with Gasteiger partial charge < -0.3 is 4.74 Å². The first-order valence-corrected chi connectivity index (χ1v) is 7.88. The zero-order valence-electron chi connectivity index (χ0n) is 12.6. The number of amides is 2. The maximum Gasteiger partial charge on any atom is 0.306 e. The number of hydrogen-bond donors (Lipinski definition) is 0. The van der Waals surface area contributed by atoms with Crippen molar-refractivity contribution in [2.45, 2.75) is 33.1 Å². The van der Waals surface area contributed by atoms with Crippen molar-refractivity contribution in [3.8, 4) is 0 Å². The maximum atomic E-state index is 12.5. The number of nitrogens with zero attached hydrogens (tertiary/aromatic N) is 4. The molecule has 0 unspecified atom stereocenters. The van der Waals surface area contributed by atoms with Gasteiger partial charge in [0.2, 0.25) is 5.91 Å². The first kappa shape index (κ1) is 16.3. The Morgan fingerprint density at radius 1 is 1.23 bits per heavy atom. The Hall–Kier alpha value is -2.03. The average molecular weight is 326 g/mol. The van der Waals surface area contributed by atoms with Crippen molar-refractivity contribution in [3.63, 3.8) is 0 Å². The third kappa shape index (κ3) is 3.59. The van der Waals surface area contributed by atoms with Gasteiger partial charge >= 0.3 is 5.97 Å². The number of ether oxygens (including phenoxy) is 1. The smallest absolute Gasteiger partial charge is 0.306 e. The molecule has 120 valence electrons. The lowest BCUT2D eigenvalue weighted by Crippen LogP contribution is -2.44. The van der Waals surface area contributed by atoms with Crippen LogP contribution in [0.5, 0.6) is 0 Å². The maximum absolute atomic E-state index is 12.5. The van der Waals surface area contributed by atoms with Crippen LogP contribution in [0, 0.1) is 6.92 Å². The fourth-order valence-electron chi connectivity index (χ4n) is 2.20. The molecular weight excluding hydrogens is 308 g/mol. The second-order valence-electron chi connectivity index (χ2n) is 4.79. The van der Waals surface area contributed by atoms with E-state index in [1.54, 1.807) is 13.8 Å². The zero-order chi connectivity index (χ0) is 16.1. The first-order chi connectivity index (χ1) is 10.5. The third-order valence-corrected chi connectivity index (χ3v) is 4.06. The highest BCUT2D eigenvalue weighted by Gasteiger charge is 2.33. The third-order valence-electron chi connectivity index (χ3n) is 3.25. The van der Waals surface area contributed by atoms with Crippen LogP contribution in [0.25, 0.3) is 0 Å². The molecule has 0 aliphatic carbocycles. The molecule has 0 spiro atoms. The summed E-state index contributed by atoms with van der Waals surface area (Å²) in [4.78, 5) is 36.4. The molecule has 0 atom stereocenters. The monoisotopic (exact) mass is 326 g/mol. The quantitative estimate of drug-likeness (QED) is 0.742. The Kier molecular flexibility index (Phi) is 5.42. The molecule has 0 aromatic carbocycles. The molecule has 0 radical (unpaired) electrons. The van der Waals surface area contributed by atoms with Crippen LogP contribution in [-0.2, 0) is 14.3 Å². The molecular formula is C13H18N4O4S. The molecule has 1 saturated heterocycles. The van der Waals surface area contributed by atoms with E-state index in [0.29, 0.717) is 36.7 Å². The zero-order valence-corrected chi connectivity index (χ0v) is 13.4. The summed E-state index contributed by atoms with van der Waals surface area (Å²) in [5.41, 5.74) is 0.556. The minimum atomic E-state index is -0.407. The van der Waals surface area contributed by atoms with E-state index in [9.17, 15) is 14.4 Å². The van der Waals surface area contributed by atoms with Crippen LogP contribution in [0.4, 0.5) is 0 Å². The van der Waals surface area contributed by atoms with Crippen molar-refractivity contribution in [2.24, 2.45) is 0 Å². The van der Waals surface area contributed by atoms with Crippen molar-refractivity contribution in [1.82, 2.24) is 19.6 Å². The second kappa shape index (κ2) is 7.30. The van der Waals surface area contributed by atoms with Gasteiger partial charge in [0.25, 0.3) is 5.91 Å². The minimum Gasteiger partial charge on any atom is -0.466 e. The predicted molar refractivity (Wildman–Crippen MR) is 77.9 cm³/mol. The van der Waals surface area contributed by atoms with E-state index in [1.807, 2.05) is 0 Å². The number of esters is 1. The lowest BCUT2D eigenvalue weighted by molar-refractivity contribution is -0.148. The predicted octanol–water partition coefficient (Wildman–Crippen LogP) is 0.779. The Bertz CT molecular complexity index is 574. The summed E-state index contributed by atoms with van der Waals surface area (Å²) in [6, 6.07) is 0. The van der Waals surface area contributed by atoms with E-state index in [1.165, 1.54) is 10.0 Å². The summed E-state index contributed by atoms with van der Waals surface area (Å²) in [7, 11) is 0. The van der Waals surface area contributed by atoms with Crippen molar-refractivity contribution < 1.29 is 19.1 Å². The molecule has 9 heteroatoms. The van der Waals surface area contributed by atoms with Gasteiger partial charge in [-0.2, -0.15) is 0 Å². The number of carbonyl (C=O) groups excluding carboxylic acids is 3. The lowest BCUT2D eigenvalue weighted by atomic mass is 10.3. The van der Waals surface area contributed by atoms with Gasteiger partial charge in [-0.05, 0) is 31.8 Å². The molecule has 1 aliphatic rings. The van der Waals surface area contributed by atoms with Gasteiger partial charge in [0.05, 0.1) is 18.7 Å². The largest absolute Gasteiger partial charge is 0.466 e. The number of aryl methyl sites for hydroxylation is 1. The Morgan fingerprint density at radius 3 is 2.59 bits per heavy atom. The molecule has 1 aromatic rings. The molecule has 2 amide bonds. The number of rotatable bonds is 5. The Balaban J connectivity index is 1.98. The minimum absolute atomic E-state index is 0.0202. The SMILES string of the molecule is CCOC(=O)CCC(=O)N1CCCN1C(=O)c1snnc1C. The average Bonchev–Trinajstić information content (AvgIpc) is 3.13. The van der Waals surface area contributed by atoms with Gasteiger partial charge in [0.1, 0.15) is 4.88 Å². The van der Waals surface area contributed by atoms with Gasteiger partial charge in [-0.25, -0.2) is 5.01 Å². The topological polar surface area (TPSA) is 92.7 Å². The van der Waals surface area contributed by atoms with Crippen LogP contribution in [0.15, 0.2) is 0 Å². The number of hydrogen-bond acceptors (Lipinski definition) is 7. The van der Waals surface area contributed by atoms with E-state index in [2.05, 4.69) is 9.59 Å². The van der Waals surface area contributed by atoms with Gasteiger partial charge in [-0.1, -0.05) is 4.49 Å². The molecule has 1 fully saturated rings. The molecule has 22 heavy (non-hydrogen) atoms. The molecule has 0 saturated carbocycles. The van der Waals surface area contributed by atoms with E-state index in [4.69, 9.17) is 4.74 Å². The van der Waals surface area contributed by atoms with Crippen LogP contribution in [-0.4, -0.2) is 57.1 Å². The van der Waals surface area contributed by atoms with Crippen molar-refractivity contribution in [2.75, 3.05) is 19.7 Å². The first-order valence-electron chi connectivity index (χ1n) is 7.11. The summed E-state index contributed by atoms with van der Waals surface area (Å²) in [6.07, 6.45) is 0.761. The highest BCUT2D eigenvalue weighted by Crippen LogP contribution is 2.19. The number of carbonyl (C=O) groups is 3. The molecule has 1 aromatic heterocycles. The summed E-state index contributed by atoms with van der Waals surface area (Å²) in [6.45, 7) is 4.66. The van der Waals surface area contributed by atoms with E-state index in [0.717, 1.165) is 11.5 Å². The fraction of sp³-hybridized carbons (Fsp3) is 0.615. The summed E-state index contributed by atoms with van der Waals surface area (Å²) in [5.74, 6) is -0.932. The molecule has 0 N–H and O–H groups in total. The van der Waals surface area contributed by atoms with Crippen LogP contribution in [0.3, 0.4) is 0 Å². The number of aromatic nitrogens is 2. The van der Waals surface area contributed by atoms with Crippen molar-refractivity contribution in [1.29, 1.82) is 0 Å². The van der Waals surface area contributed by atoms with Gasteiger partial charge in [-0.15, -0.1) is 5.10 Å². The summed E-state index contributed by atoms with van der Waals surface area (Å²) in [5, 5.41) is 6.63. The second-order valence-corrected chi connectivity index (χ2v) is 5.55. The van der Waals surface area contributed by atoms with E-state index in [-0.39, 0.29) is 24.7 Å². The lowest BCUT2D eigenvalue weighted by Gasteiger charge is -2.27. The molecule has 2 heterocycles. The molecule has 0 bridgehead atoms. The summed E-state index contributed by atoms with van der Waals surface area (Å²) < 4.78 is 8.54. The standard InChI is InChI=1S/C13H18N4O4S/c1-3-21-11(19)6-5-10(18)16-7-4-8-17(16)13(20)12-9(2)14-15-22-12/h3-8H2,1-2H3. The van der Waals surface area contributed by atoms with Crippen LogP contribution >= 0.6 is 11.5 Å². The Morgan fingerprint density at radius 2 is 1.95 bits per heavy atom. The van der Waals surface area contributed by atoms with E-state index >= 15 is 0 Å². The van der Waals surface area contributed by atoms with Gasteiger partial charge in [0.15, 0.2) is 0 Å². The van der Waals surface area contributed by atoms with Crippen LogP contribution in [0.1, 0.15) is 41.6 Å². The molecule has 1 aliphatic heterocycles. The molecule has 8 nitrogen and oxygen atoms in total. The fourth-order valence-corrected chi connectivity index (χ4v) is 2.80. The highest BCUT2D eigenvalue weighted by molar-refractivity contribution is 7.07. The molecule has 2 rings (SSSR count).